The summed E-state index contributed by atoms with van der Waals surface area (Å²) in [6.07, 6.45) is 0. The number of halogens is 1. The van der Waals surface area contributed by atoms with Gasteiger partial charge in [-0.15, -0.1) is 0 Å². The van der Waals surface area contributed by atoms with Crippen molar-refractivity contribution in [2.75, 3.05) is 14.7 Å². The van der Waals surface area contributed by atoms with Gasteiger partial charge in [0.1, 0.15) is 5.82 Å². The van der Waals surface area contributed by atoms with Crippen molar-refractivity contribution in [1.29, 1.82) is 0 Å². The van der Waals surface area contributed by atoms with Crippen LogP contribution in [0.2, 0.25) is 0 Å². The van der Waals surface area contributed by atoms with Crippen molar-refractivity contribution in [1.82, 2.24) is 0 Å². The molecule has 0 saturated carbocycles. The summed E-state index contributed by atoms with van der Waals surface area (Å²) in [6.45, 7) is 0. The van der Waals surface area contributed by atoms with Crippen molar-refractivity contribution < 1.29 is 4.39 Å². The lowest BCUT2D eigenvalue weighted by Gasteiger charge is -2.26. The van der Waals surface area contributed by atoms with E-state index in [2.05, 4.69) is 209 Å². The minimum atomic E-state index is -0.281. The molecule has 278 valence electrons. The number of hydrogen-bond acceptors (Lipinski definition) is 3. The van der Waals surface area contributed by atoms with Gasteiger partial charge in [-0.2, -0.15) is 0 Å². The molecule has 0 bridgehead atoms. The zero-order chi connectivity index (χ0) is 39.1. The molecule has 9 aromatic rings. The van der Waals surface area contributed by atoms with Crippen LogP contribution < -0.4 is 14.7 Å². The van der Waals surface area contributed by atoms with E-state index in [1.807, 2.05) is 30.3 Å². The molecule has 0 aliphatic carbocycles. The van der Waals surface area contributed by atoms with E-state index in [4.69, 9.17) is 0 Å². The third kappa shape index (κ3) is 7.73. The van der Waals surface area contributed by atoms with Crippen molar-refractivity contribution in [3.05, 3.63) is 248 Å². The first-order valence-corrected chi connectivity index (χ1v) is 19.5. The summed E-state index contributed by atoms with van der Waals surface area (Å²) in [5.74, 6) is -0.281. The molecule has 0 aliphatic rings. The zero-order valence-electron chi connectivity index (χ0n) is 31.8. The Morgan fingerprint density at radius 2 is 0.431 bits per heavy atom. The van der Waals surface area contributed by atoms with Gasteiger partial charge in [-0.3, -0.25) is 0 Å². The fourth-order valence-electron chi connectivity index (χ4n) is 7.48. The standard InChI is InChI=1S/C54H40FN3/c55-45-14-13-23-54(40-45)58(52-36-28-43(29-37-52)41-24-32-50(33-25-41)56(46-15-5-1-6-16-46)47-17-7-2-8-18-47)53-38-30-44(31-39-53)42-26-34-51(35-27-42)57(48-19-9-3-10-20-48)49-21-11-4-12-22-49/h1-40H. The number of nitrogens with zero attached hydrogens (tertiary/aromatic N) is 3. The fourth-order valence-corrected chi connectivity index (χ4v) is 7.48. The van der Waals surface area contributed by atoms with Crippen LogP contribution in [0.4, 0.5) is 55.6 Å². The van der Waals surface area contributed by atoms with E-state index in [0.29, 0.717) is 0 Å². The summed E-state index contributed by atoms with van der Waals surface area (Å²) in [5.41, 5.74) is 13.6. The highest BCUT2D eigenvalue weighted by Gasteiger charge is 2.16. The molecule has 0 unspecified atom stereocenters. The van der Waals surface area contributed by atoms with Crippen molar-refractivity contribution in [3.8, 4) is 22.3 Å². The number of anilines is 9. The predicted octanol–water partition coefficient (Wildman–Crippen LogP) is 15.6. The molecule has 0 aliphatic heterocycles. The van der Waals surface area contributed by atoms with Gasteiger partial charge in [-0.25, -0.2) is 4.39 Å². The quantitative estimate of drug-likeness (QED) is 0.130. The van der Waals surface area contributed by atoms with Gasteiger partial charge in [0.05, 0.1) is 0 Å². The van der Waals surface area contributed by atoms with Crippen LogP contribution in [-0.4, -0.2) is 0 Å². The van der Waals surface area contributed by atoms with Crippen molar-refractivity contribution in [3.63, 3.8) is 0 Å². The number of para-hydroxylation sites is 4. The van der Waals surface area contributed by atoms with E-state index in [9.17, 15) is 4.39 Å². The second-order valence-electron chi connectivity index (χ2n) is 14.0. The molecule has 58 heavy (non-hydrogen) atoms. The Labute approximate surface area is 339 Å². The molecule has 0 heterocycles. The normalized spacial score (nSPS) is 10.8. The van der Waals surface area contributed by atoms with Gasteiger partial charge in [0, 0.05) is 51.2 Å². The number of hydrogen-bond donors (Lipinski definition) is 0. The molecule has 0 N–H and O–H groups in total. The lowest BCUT2D eigenvalue weighted by atomic mass is 10.0. The molecule has 4 heteroatoms. The first-order valence-electron chi connectivity index (χ1n) is 19.5. The number of benzene rings is 9. The summed E-state index contributed by atoms with van der Waals surface area (Å²) >= 11 is 0. The van der Waals surface area contributed by atoms with Crippen LogP contribution >= 0.6 is 0 Å². The molecular formula is C54H40FN3. The summed E-state index contributed by atoms with van der Waals surface area (Å²) in [6, 6.07) is 82.7. The maximum absolute atomic E-state index is 14.7. The summed E-state index contributed by atoms with van der Waals surface area (Å²) in [5, 5.41) is 0. The second kappa shape index (κ2) is 16.6. The molecule has 0 saturated heterocycles. The minimum absolute atomic E-state index is 0.281. The fraction of sp³-hybridized carbons (Fsp3) is 0. The third-order valence-electron chi connectivity index (χ3n) is 10.3. The molecule has 9 aromatic carbocycles. The van der Waals surface area contributed by atoms with E-state index in [1.54, 1.807) is 12.1 Å². The van der Waals surface area contributed by atoms with E-state index in [-0.39, 0.29) is 5.82 Å². The van der Waals surface area contributed by atoms with Crippen LogP contribution in [0, 0.1) is 5.82 Å². The Morgan fingerprint density at radius 1 is 0.207 bits per heavy atom. The monoisotopic (exact) mass is 749 g/mol. The highest BCUT2D eigenvalue weighted by atomic mass is 19.1. The van der Waals surface area contributed by atoms with Gasteiger partial charge < -0.3 is 14.7 Å². The molecule has 0 aromatic heterocycles. The molecule has 0 radical (unpaired) electrons. The summed E-state index contributed by atoms with van der Waals surface area (Å²) in [4.78, 5) is 6.61. The third-order valence-corrected chi connectivity index (χ3v) is 10.3. The minimum Gasteiger partial charge on any atom is -0.311 e. The van der Waals surface area contributed by atoms with Gasteiger partial charge in [0.25, 0.3) is 0 Å². The maximum Gasteiger partial charge on any atom is 0.125 e. The van der Waals surface area contributed by atoms with Gasteiger partial charge in [0.2, 0.25) is 0 Å². The Morgan fingerprint density at radius 3 is 0.690 bits per heavy atom. The molecule has 9 rings (SSSR count). The Kier molecular flexibility index (Phi) is 10.3. The lowest BCUT2D eigenvalue weighted by molar-refractivity contribution is 0.628. The van der Waals surface area contributed by atoms with Crippen molar-refractivity contribution in [2.24, 2.45) is 0 Å². The first-order chi connectivity index (χ1) is 28.7. The molecule has 0 spiro atoms. The highest BCUT2D eigenvalue weighted by Crippen LogP contribution is 2.40. The zero-order valence-corrected chi connectivity index (χ0v) is 31.8. The second-order valence-corrected chi connectivity index (χ2v) is 14.0. The van der Waals surface area contributed by atoms with Crippen molar-refractivity contribution in [2.45, 2.75) is 0 Å². The molecular weight excluding hydrogens is 710 g/mol. The molecule has 0 amide bonds. The van der Waals surface area contributed by atoms with Crippen LogP contribution in [0.5, 0.6) is 0 Å². The van der Waals surface area contributed by atoms with Gasteiger partial charge in [-0.05, 0) is 138 Å². The largest absolute Gasteiger partial charge is 0.311 e. The molecule has 3 nitrogen and oxygen atoms in total. The molecule has 0 atom stereocenters. The number of rotatable bonds is 11. The smallest absolute Gasteiger partial charge is 0.125 e. The van der Waals surface area contributed by atoms with Gasteiger partial charge in [-0.1, -0.05) is 127 Å². The Hall–Kier alpha value is -7.69. The van der Waals surface area contributed by atoms with Gasteiger partial charge in [0.15, 0.2) is 0 Å². The topological polar surface area (TPSA) is 9.72 Å². The summed E-state index contributed by atoms with van der Waals surface area (Å²) < 4.78 is 14.7. The predicted molar refractivity (Wildman–Crippen MR) is 241 cm³/mol. The van der Waals surface area contributed by atoms with E-state index in [0.717, 1.165) is 73.4 Å². The van der Waals surface area contributed by atoms with Crippen LogP contribution in [0.25, 0.3) is 22.3 Å². The van der Waals surface area contributed by atoms with E-state index < -0.39 is 0 Å². The average Bonchev–Trinajstić information content (AvgIpc) is 3.29. The highest BCUT2D eigenvalue weighted by molar-refractivity contribution is 5.83. The SMILES string of the molecule is Fc1cccc(N(c2ccc(-c3ccc(N(c4ccccc4)c4ccccc4)cc3)cc2)c2ccc(-c3ccc(N(c4ccccc4)c4ccccc4)cc3)cc2)c1. The van der Waals surface area contributed by atoms with Crippen LogP contribution in [0.15, 0.2) is 243 Å². The summed E-state index contributed by atoms with van der Waals surface area (Å²) in [7, 11) is 0. The van der Waals surface area contributed by atoms with Crippen LogP contribution in [0.1, 0.15) is 0 Å². The van der Waals surface area contributed by atoms with Crippen molar-refractivity contribution >= 4 is 51.2 Å². The van der Waals surface area contributed by atoms with Crippen LogP contribution in [-0.2, 0) is 0 Å². The first kappa shape index (κ1) is 36.0. The Balaban J connectivity index is 0.983. The van der Waals surface area contributed by atoms with E-state index in [1.165, 1.54) is 6.07 Å². The average molecular weight is 750 g/mol. The lowest BCUT2D eigenvalue weighted by Crippen LogP contribution is -2.10. The molecule has 0 fully saturated rings. The Bertz CT molecular complexity index is 2440. The van der Waals surface area contributed by atoms with Crippen LogP contribution in [0.3, 0.4) is 0 Å². The maximum atomic E-state index is 14.7. The van der Waals surface area contributed by atoms with E-state index >= 15 is 0 Å². The van der Waals surface area contributed by atoms with Gasteiger partial charge >= 0.3 is 0 Å².